The lowest BCUT2D eigenvalue weighted by Crippen LogP contribution is -2.31. The minimum absolute atomic E-state index is 0.166. The van der Waals surface area contributed by atoms with Crippen molar-refractivity contribution in [3.8, 4) is 12.3 Å². The Kier molecular flexibility index (Phi) is 6.22. The van der Waals surface area contributed by atoms with Gasteiger partial charge >= 0.3 is 5.69 Å². The molecule has 0 aliphatic heterocycles. The summed E-state index contributed by atoms with van der Waals surface area (Å²) in [6.07, 6.45) is 6.96. The van der Waals surface area contributed by atoms with E-state index in [1.54, 1.807) is 11.5 Å². The lowest BCUT2D eigenvalue weighted by Gasteiger charge is -2.10. The molecule has 7 heteroatoms. The molecule has 0 saturated heterocycles. The van der Waals surface area contributed by atoms with Crippen molar-refractivity contribution in [2.24, 2.45) is 0 Å². The number of nitrogens with zero attached hydrogens (tertiary/aromatic N) is 2. The van der Waals surface area contributed by atoms with Gasteiger partial charge in [0.25, 0.3) is 0 Å². The van der Waals surface area contributed by atoms with E-state index < -0.39 is 0 Å². The normalized spacial score (nSPS) is 11.8. The lowest BCUT2D eigenvalue weighted by atomic mass is 10.3. The summed E-state index contributed by atoms with van der Waals surface area (Å²) in [7, 11) is 0. The Morgan fingerprint density at radius 3 is 3.05 bits per heavy atom. The van der Waals surface area contributed by atoms with Crippen LogP contribution in [0.2, 0.25) is 0 Å². The standard InChI is InChI=1S/C12H18N4O2S/c1-4-6-8-16-11(18)14-15-12(16)19-9(3)10(17)13-7-5-2/h2,9H,4,6-8H2,1,3H3,(H,13,17)(H,14,18). The first-order valence-corrected chi connectivity index (χ1v) is 7.01. The van der Waals surface area contributed by atoms with Crippen molar-refractivity contribution in [3.63, 3.8) is 0 Å². The van der Waals surface area contributed by atoms with Gasteiger partial charge in [-0.05, 0) is 13.3 Å². The average molecular weight is 282 g/mol. The highest BCUT2D eigenvalue weighted by Gasteiger charge is 2.18. The molecule has 1 aromatic rings. The average Bonchev–Trinajstić information content (AvgIpc) is 2.74. The Morgan fingerprint density at radius 1 is 1.68 bits per heavy atom. The molecular formula is C12H18N4O2S. The Morgan fingerprint density at radius 2 is 2.42 bits per heavy atom. The first-order valence-electron chi connectivity index (χ1n) is 6.13. The maximum atomic E-state index is 11.7. The molecule has 0 saturated carbocycles. The molecule has 104 valence electrons. The van der Waals surface area contributed by atoms with E-state index in [1.165, 1.54) is 11.8 Å². The smallest absolute Gasteiger partial charge is 0.343 e. The van der Waals surface area contributed by atoms with Gasteiger partial charge in [0.2, 0.25) is 5.91 Å². The van der Waals surface area contributed by atoms with Crippen LogP contribution < -0.4 is 11.0 Å². The minimum Gasteiger partial charge on any atom is -0.344 e. The fourth-order valence-electron chi connectivity index (χ4n) is 1.40. The topological polar surface area (TPSA) is 79.8 Å². The molecule has 1 atom stereocenters. The zero-order chi connectivity index (χ0) is 14.3. The van der Waals surface area contributed by atoms with Crippen LogP contribution in [0.25, 0.3) is 0 Å². The van der Waals surface area contributed by atoms with Crippen molar-refractivity contribution < 1.29 is 4.79 Å². The number of aromatic nitrogens is 3. The van der Waals surface area contributed by atoms with Gasteiger partial charge in [0.1, 0.15) is 0 Å². The Hall–Kier alpha value is -1.68. The van der Waals surface area contributed by atoms with Crippen LogP contribution in [0.5, 0.6) is 0 Å². The predicted molar refractivity (Wildman–Crippen MR) is 74.9 cm³/mol. The quantitative estimate of drug-likeness (QED) is 0.567. The van der Waals surface area contributed by atoms with Crippen molar-refractivity contribution in [1.82, 2.24) is 20.1 Å². The second-order valence-electron chi connectivity index (χ2n) is 4.00. The Labute approximate surface area is 116 Å². The number of H-pyrrole nitrogens is 1. The molecule has 1 rings (SSSR count). The van der Waals surface area contributed by atoms with Crippen LogP contribution in [-0.2, 0) is 11.3 Å². The number of terminal acetylenes is 1. The first kappa shape index (κ1) is 15.4. The van der Waals surface area contributed by atoms with Gasteiger partial charge in [-0.15, -0.1) is 11.5 Å². The van der Waals surface area contributed by atoms with Crippen molar-refractivity contribution >= 4 is 17.7 Å². The van der Waals surface area contributed by atoms with Gasteiger partial charge in [0.05, 0.1) is 11.8 Å². The Balaban J connectivity index is 2.68. The van der Waals surface area contributed by atoms with Crippen molar-refractivity contribution in [3.05, 3.63) is 10.5 Å². The number of amides is 1. The van der Waals surface area contributed by atoms with Gasteiger partial charge in [-0.25, -0.2) is 9.89 Å². The third kappa shape index (κ3) is 4.48. The van der Waals surface area contributed by atoms with Gasteiger partial charge in [0.15, 0.2) is 5.16 Å². The molecule has 19 heavy (non-hydrogen) atoms. The molecule has 6 nitrogen and oxygen atoms in total. The number of hydrogen-bond donors (Lipinski definition) is 2. The maximum absolute atomic E-state index is 11.7. The molecule has 0 aliphatic carbocycles. The van der Waals surface area contributed by atoms with Crippen molar-refractivity contribution in [1.29, 1.82) is 0 Å². The van der Waals surface area contributed by atoms with E-state index in [-0.39, 0.29) is 23.4 Å². The van der Waals surface area contributed by atoms with Gasteiger partial charge < -0.3 is 5.32 Å². The second-order valence-corrected chi connectivity index (χ2v) is 5.31. The number of thioether (sulfide) groups is 1. The van der Waals surface area contributed by atoms with Gasteiger partial charge in [-0.3, -0.25) is 9.36 Å². The van der Waals surface area contributed by atoms with E-state index in [4.69, 9.17) is 6.42 Å². The molecule has 0 aromatic carbocycles. The Bertz CT molecular complexity index is 515. The van der Waals surface area contributed by atoms with Crippen molar-refractivity contribution in [2.45, 2.75) is 43.6 Å². The maximum Gasteiger partial charge on any atom is 0.343 e. The SMILES string of the molecule is C#CCNC(=O)C(C)Sc1n[nH]c(=O)n1CCCC. The van der Waals surface area contributed by atoms with Crippen LogP contribution >= 0.6 is 11.8 Å². The molecule has 1 heterocycles. The molecule has 0 bridgehead atoms. The summed E-state index contributed by atoms with van der Waals surface area (Å²) in [6, 6.07) is 0. The van der Waals surface area contributed by atoms with Crippen LogP contribution in [0.4, 0.5) is 0 Å². The molecule has 0 fully saturated rings. The third-order valence-corrected chi connectivity index (χ3v) is 3.56. The molecule has 1 unspecified atom stereocenters. The fraction of sp³-hybridized carbons (Fsp3) is 0.583. The van der Waals surface area contributed by atoms with E-state index >= 15 is 0 Å². The number of aromatic amines is 1. The van der Waals surface area contributed by atoms with Crippen LogP contribution in [0.15, 0.2) is 9.95 Å². The summed E-state index contributed by atoms with van der Waals surface area (Å²) >= 11 is 1.24. The minimum atomic E-state index is -0.357. The van der Waals surface area contributed by atoms with Crippen LogP contribution in [0, 0.1) is 12.3 Å². The molecule has 0 spiro atoms. The van der Waals surface area contributed by atoms with Crippen LogP contribution in [0.3, 0.4) is 0 Å². The summed E-state index contributed by atoms with van der Waals surface area (Å²) in [5.41, 5.74) is -0.243. The number of rotatable bonds is 7. The number of carbonyl (C=O) groups excluding carboxylic acids is 1. The molecule has 2 N–H and O–H groups in total. The predicted octanol–water partition coefficient (Wildman–Crippen LogP) is 0.601. The monoisotopic (exact) mass is 282 g/mol. The summed E-state index contributed by atoms with van der Waals surface area (Å²) in [5.74, 6) is 2.18. The highest BCUT2D eigenvalue weighted by Crippen LogP contribution is 2.20. The molecular weight excluding hydrogens is 264 g/mol. The van der Waals surface area contributed by atoms with Crippen LogP contribution in [-0.4, -0.2) is 32.5 Å². The number of unbranched alkanes of at least 4 members (excludes halogenated alkanes) is 1. The van der Waals surface area contributed by atoms with Crippen LogP contribution in [0.1, 0.15) is 26.7 Å². The van der Waals surface area contributed by atoms with Gasteiger partial charge in [-0.2, -0.15) is 0 Å². The fourth-order valence-corrected chi connectivity index (χ4v) is 2.31. The first-order chi connectivity index (χ1) is 9.10. The largest absolute Gasteiger partial charge is 0.344 e. The summed E-state index contributed by atoms with van der Waals surface area (Å²) in [6.45, 7) is 4.60. The van der Waals surface area contributed by atoms with E-state index in [9.17, 15) is 9.59 Å². The molecule has 0 radical (unpaired) electrons. The summed E-state index contributed by atoms with van der Waals surface area (Å²) < 4.78 is 1.55. The van der Waals surface area contributed by atoms with E-state index in [0.717, 1.165) is 12.8 Å². The van der Waals surface area contributed by atoms with E-state index in [1.807, 2.05) is 6.92 Å². The number of hydrogen-bond acceptors (Lipinski definition) is 4. The second kappa shape index (κ2) is 7.69. The van der Waals surface area contributed by atoms with Gasteiger partial charge in [0, 0.05) is 6.54 Å². The highest BCUT2D eigenvalue weighted by atomic mass is 32.2. The molecule has 1 aromatic heterocycles. The highest BCUT2D eigenvalue weighted by molar-refractivity contribution is 8.00. The molecule has 1 amide bonds. The number of nitrogens with one attached hydrogen (secondary N) is 2. The van der Waals surface area contributed by atoms with Crippen molar-refractivity contribution in [2.75, 3.05) is 6.54 Å². The zero-order valence-corrected chi connectivity index (χ0v) is 11.9. The zero-order valence-electron chi connectivity index (χ0n) is 11.1. The van der Waals surface area contributed by atoms with E-state index in [0.29, 0.717) is 11.7 Å². The lowest BCUT2D eigenvalue weighted by molar-refractivity contribution is -0.120. The summed E-state index contributed by atoms with van der Waals surface area (Å²) in [5, 5.41) is 9.12. The van der Waals surface area contributed by atoms with E-state index in [2.05, 4.69) is 21.4 Å². The number of carbonyl (C=O) groups is 1. The summed E-state index contributed by atoms with van der Waals surface area (Å²) in [4.78, 5) is 23.3. The van der Waals surface area contributed by atoms with Gasteiger partial charge in [-0.1, -0.05) is 31.0 Å². The molecule has 0 aliphatic rings. The third-order valence-electron chi connectivity index (χ3n) is 2.47.